The number of nitrogens with zero attached hydrogens (tertiary/aromatic N) is 1. The van der Waals surface area contributed by atoms with Gasteiger partial charge in [-0.3, -0.25) is 14.9 Å². The van der Waals surface area contributed by atoms with Gasteiger partial charge in [-0.05, 0) is 51.0 Å². The third-order valence-corrected chi connectivity index (χ3v) is 6.97. The van der Waals surface area contributed by atoms with Crippen LogP contribution in [0, 0.1) is 0 Å². The highest BCUT2D eigenvalue weighted by Gasteiger charge is 2.36. The molecule has 3 rings (SSSR count). The lowest BCUT2D eigenvalue weighted by Gasteiger charge is -2.35. The first kappa shape index (κ1) is 23.6. The molecule has 0 spiro atoms. The van der Waals surface area contributed by atoms with E-state index in [1.165, 1.54) is 16.7 Å². The average Bonchev–Trinajstić information content (AvgIpc) is 3.29. The highest BCUT2D eigenvalue weighted by molar-refractivity contribution is 7.99. The second-order valence-corrected chi connectivity index (χ2v) is 9.42. The zero-order valence-corrected chi connectivity index (χ0v) is 18.8. The summed E-state index contributed by atoms with van der Waals surface area (Å²) in [5.41, 5.74) is 1.11. The fraction of sp³-hybridized carbons (Fsp3) is 0.609. The molecule has 1 heterocycles. The van der Waals surface area contributed by atoms with Crippen LogP contribution in [0.3, 0.4) is 0 Å². The highest BCUT2D eigenvalue weighted by Crippen LogP contribution is 2.22. The maximum absolute atomic E-state index is 13.0. The lowest BCUT2D eigenvalue weighted by atomic mass is 10.0. The summed E-state index contributed by atoms with van der Waals surface area (Å²) in [5.74, 6) is -0.509. The first-order valence-electron chi connectivity index (χ1n) is 11.1. The van der Waals surface area contributed by atoms with Gasteiger partial charge in [-0.1, -0.05) is 30.3 Å². The molecule has 1 amide bonds. The average molecular weight is 449 g/mol. The maximum Gasteiger partial charge on any atom is 0.327 e. The van der Waals surface area contributed by atoms with Crippen LogP contribution >= 0.6 is 11.8 Å². The first-order chi connectivity index (χ1) is 15.0. The highest BCUT2D eigenvalue weighted by atomic mass is 32.2. The number of amides is 1. The molecule has 1 saturated carbocycles. The van der Waals surface area contributed by atoms with Crippen molar-refractivity contribution < 1.29 is 24.2 Å². The number of carboxylic acid groups (broad SMARTS) is 1. The van der Waals surface area contributed by atoms with Crippen molar-refractivity contribution in [3.63, 3.8) is 0 Å². The summed E-state index contributed by atoms with van der Waals surface area (Å²) in [6.07, 6.45) is 5.05. The van der Waals surface area contributed by atoms with Crippen LogP contribution in [0.15, 0.2) is 30.3 Å². The predicted molar refractivity (Wildman–Crippen MR) is 120 cm³/mol. The minimum absolute atomic E-state index is 0.0463. The standard InChI is InChI=1S/C23H32N2O5S/c1-16(21(26)25-13-14-31-15-20(25)22(27)28)24-19(12-11-17-7-3-2-4-8-17)23(29)30-18-9-5-6-10-18/h2-4,7-8,16,18-20,24H,5-6,9-15H2,1H3,(H,27,28)/t16-,19?,20?/m0/s1. The van der Waals surface area contributed by atoms with Gasteiger partial charge in [0.1, 0.15) is 18.2 Å². The first-order valence-corrected chi connectivity index (χ1v) is 12.2. The number of carbonyl (C=O) groups excluding carboxylic acids is 2. The summed E-state index contributed by atoms with van der Waals surface area (Å²) in [7, 11) is 0. The Morgan fingerprint density at radius 3 is 2.61 bits per heavy atom. The SMILES string of the molecule is C[C@H](NC(CCc1ccccc1)C(=O)OC1CCCC1)C(=O)N1CCSCC1C(=O)O. The summed E-state index contributed by atoms with van der Waals surface area (Å²) < 4.78 is 5.72. The third kappa shape index (κ3) is 6.71. The fourth-order valence-corrected chi connectivity index (χ4v) is 5.21. The Morgan fingerprint density at radius 1 is 1.23 bits per heavy atom. The number of nitrogens with one attached hydrogen (secondary N) is 1. The van der Waals surface area contributed by atoms with E-state index in [2.05, 4.69) is 5.32 Å². The number of aryl methyl sites for hydroxylation is 1. The molecule has 1 aliphatic carbocycles. The van der Waals surface area contributed by atoms with Crippen LogP contribution < -0.4 is 5.32 Å². The molecule has 1 aliphatic heterocycles. The number of carbonyl (C=O) groups is 3. The fourth-order valence-electron chi connectivity index (χ4n) is 4.17. The monoisotopic (exact) mass is 448 g/mol. The maximum atomic E-state index is 13.0. The van der Waals surface area contributed by atoms with E-state index in [0.29, 0.717) is 30.9 Å². The molecule has 0 bridgehead atoms. The van der Waals surface area contributed by atoms with E-state index in [1.807, 2.05) is 30.3 Å². The van der Waals surface area contributed by atoms with Gasteiger partial charge in [0.2, 0.25) is 5.91 Å². The van der Waals surface area contributed by atoms with Gasteiger partial charge in [0.15, 0.2) is 0 Å². The van der Waals surface area contributed by atoms with Crippen LogP contribution in [-0.2, 0) is 25.5 Å². The lowest BCUT2D eigenvalue weighted by molar-refractivity contribution is -0.153. The largest absolute Gasteiger partial charge is 0.480 e. The summed E-state index contributed by atoms with van der Waals surface area (Å²) in [4.78, 5) is 38.9. The normalized spacial score (nSPS) is 21.5. The smallest absolute Gasteiger partial charge is 0.327 e. The van der Waals surface area contributed by atoms with E-state index in [0.717, 1.165) is 31.2 Å². The molecule has 2 aliphatic rings. The van der Waals surface area contributed by atoms with Gasteiger partial charge in [-0.2, -0.15) is 11.8 Å². The Hall–Kier alpha value is -2.06. The van der Waals surface area contributed by atoms with Gasteiger partial charge in [-0.15, -0.1) is 0 Å². The minimum atomic E-state index is -0.992. The van der Waals surface area contributed by atoms with Crippen molar-refractivity contribution in [1.82, 2.24) is 10.2 Å². The number of hydrogen-bond acceptors (Lipinski definition) is 6. The van der Waals surface area contributed by atoms with Crippen LogP contribution in [0.1, 0.15) is 44.6 Å². The van der Waals surface area contributed by atoms with Crippen LogP contribution in [0.4, 0.5) is 0 Å². The number of hydrogen-bond donors (Lipinski definition) is 2. The summed E-state index contributed by atoms with van der Waals surface area (Å²) in [6, 6.07) is 7.76. The van der Waals surface area contributed by atoms with Crippen LogP contribution in [0.2, 0.25) is 0 Å². The molecule has 0 radical (unpaired) electrons. The molecule has 1 saturated heterocycles. The Morgan fingerprint density at radius 2 is 1.94 bits per heavy atom. The molecular weight excluding hydrogens is 416 g/mol. The summed E-state index contributed by atoms with van der Waals surface area (Å²) in [5, 5.41) is 12.6. The van der Waals surface area contributed by atoms with Crippen molar-refractivity contribution >= 4 is 29.6 Å². The van der Waals surface area contributed by atoms with Gasteiger partial charge in [0.05, 0.1) is 6.04 Å². The number of esters is 1. The molecule has 170 valence electrons. The number of ether oxygens (including phenoxy) is 1. The molecule has 8 heteroatoms. The lowest BCUT2D eigenvalue weighted by Crippen LogP contribution is -2.57. The number of thioether (sulfide) groups is 1. The topological polar surface area (TPSA) is 95.9 Å². The van der Waals surface area contributed by atoms with E-state index >= 15 is 0 Å². The molecule has 1 aromatic rings. The van der Waals surface area contributed by atoms with E-state index in [4.69, 9.17) is 4.74 Å². The molecule has 3 atom stereocenters. The van der Waals surface area contributed by atoms with Gasteiger partial charge in [0, 0.05) is 18.1 Å². The minimum Gasteiger partial charge on any atom is -0.480 e. The van der Waals surface area contributed by atoms with Crippen molar-refractivity contribution in [3.05, 3.63) is 35.9 Å². The quantitative estimate of drug-likeness (QED) is 0.560. The van der Waals surface area contributed by atoms with Gasteiger partial charge >= 0.3 is 11.9 Å². The summed E-state index contributed by atoms with van der Waals surface area (Å²) >= 11 is 1.54. The second kappa shape index (κ2) is 11.5. The van der Waals surface area contributed by atoms with E-state index in [9.17, 15) is 19.5 Å². The number of benzene rings is 1. The van der Waals surface area contributed by atoms with Crippen molar-refractivity contribution in [2.45, 2.75) is 69.7 Å². The molecule has 2 fully saturated rings. The van der Waals surface area contributed by atoms with Crippen LogP contribution in [0.25, 0.3) is 0 Å². The molecule has 1 aromatic carbocycles. The van der Waals surface area contributed by atoms with Gasteiger partial charge < -0.3 is 14.7 Å². The van der Waals surface area contributed by atoms with E-state index in [1.54, 1.807) is 6.92 Å². The van der Waals surface area contributed by atoms with Crippen molar-refractivity contribution in [2.24, 2.45) is 0 Å². The number of aliphatic carboxylic acids is 1. The van der Waals surface area contributed by atoms with Crippen molar-refractivity contribution in [1.29, 1.82) is 0 Å². The van der Waals surface area contributed by atoms with Crippen LogP contribution in [0.5, 0.6) is 0 Å². The van der Waals surface area contributed by atoms with E-state index < -0.39 is 24.1 Å². The Balaban J connectivity index is 1.65. The molecule has 7 nitrogen and oxygen atoms in total. The predicted octanol–water partition coefficient (Wildman–Crippen LogP) is 2.48. The molecule has 2 N–H and O–H groups in total. The van der Waals surface area contributed by atoms with Crippen molar-refractivity contribution in [2.75, 3.05) is 18.1 Å². The molecule has 0 aromatic heterocycles. The molecular formula is C23H32N2O5S. The summed E-state index contributed by atoms with van der Waals surface area (Å²) in [6.45, 7) is 2.09. The Kier molecular flexibility index (Phi) is 8.78. The third-order valence-electron chi connectivity index (χ3n) is 5.95. The second-order valence-electron chi connectivity index (χ2n) is 8.27. The number of carboxylic acids is 1. The number of rotatable bonds is 9. The van der Waals surface area contributed by atoms with Gasteiger partial charge in [0.25, 0.3) is 0 Å². The van der Waals surface area contributed by atoms with Crippen LogP contribution in [-0.4, -0.2) is 70.1 Å². The Bertz CT molecular complexity index is 754. The molecule has 2 unspecified atom stereocenters. The van der Waals surface area contributed by atoms with E-state index in [-0.39, 0.29) is 18.0 Å². The Labute approximate surface area is 187 Å². The van der Waals surface area contributed by atoms with Crippen molar-refractivity contribution in [3.8, 4) is 0 Å². The zero-order chi connectivity index (χ0) is 22.2. The zero-order valence-electron chi connectivity index (χ0n) is 18.0. The van der Waals surface area contributed by atoms with Gasteiger partial charge in [-0.25, -0.2) is 4.79 Å². The molecule has 31 heavy (non-hydrogen) atoms.